The minimum Gasteiger partial charge on any atom is -0.444 e. The van der Waals surface area contributed by atoms with E-state index in [1.54, 1.807) is 17.0 Å². The average Bonchev–Trinajstić information content (AvgIpc) is 2.96. The van der Waals surface area contributed by atoms with Crippen LogP contribution in [0, 0.1) is 5.82 Å². The molecule has 1 aromatic rings. The molecule has 2 aliphatic heterocycles. The molecule has 2 fully saturated rings. The van der Waals surface area contributed by atoms with Gasteiger partial charge in [0.05, 0.1) is 11.7 Å². The Bertz CT molecular complexity index is 555. The number of piperazine rings is 1. The van der Waals surface area contributed by atoms with Crippen LogP contribution < -0.4 is 4.90 Å². The van der Waals surface area contributed by atoms with Gasteiger partial charge in [0.2, 0.25) is 0 Å². The molecule has 1 aromatic carbocycles. The monoisotopic (exact) mass is 292 g/mol. The fraction of sp³-hybridized carbons (Fsp3) is 0.562. The van der Waals surface area contributed by atoms with Crippen LogP contribution in [0.2, 0.25) is 0 Å². The highest BCUT2D eigenvalue weighted by atomic mass is 19.1. The second kappa shape index (κ2) is 4.90. The zero-order chi connectivity index (χ0) is 15.2. The minimum absolute atomic E-state index is 0.115. The molecule has 0 aromatic heterocycles. The van der Waals surface area contributed by atoms with E-state index < -0.39 is 5.60 Å². The van der Waals surface area contributed by atoms with Crippen molar-refractivity contribution in [2.45, 2.75) is 44.9 Å². The summed E-state index contributed by atoms with van der Waals surface area (Å²) in [4.78, 5) is 16.0. The number of nitrogens with zero attached hydrogens (tertiary/aromatic N) is 2. The molecule has 0 radical (unpaired) electrons. The number of para-hydroxylation sites is 1. The Hall–Kier alpha value is -1.78. The number of anilines is 1. The molecule has 2 aliphatic rings. The first kappa shape index (κ1) is 14.2. The maximum absolute atomic E-state index is 13.9. The molecule has 5 heteroatoms. The molecule has 1 amide bonds. The molecule has 2 atom stereocenters. The smallest absolute Gasteiger partial charge is 0.410 e. The predicted octanol–water partition coefficient (Wildman–Crippen LogP) is 3.02. The molecule has 3 rings (SSSR count). The van der Waals surface area contributed by atoms with Crippen LogP contribution in [0.25, 0.3) is 0 Å². The van der Waals surface area contributed by atoms with E-state index in [0.717, 1.165) is 6.42 Å². The molecule has 0 saturated carbocycles. The molecular weight excluding hydrogens is 271 g/mol. The lowest BCUT2D eigenvalue weighted by atomic mass is 10.2. The topological polar surface area (TPSA) is 32.8 Å². The van der Waals surface area contributed by atoms with Crippen molar-refractivity contribution in [1.82, 2.24) is 4.90 Å². The van der Waals surface area contributed by atoms with Gasteiger partial charge in [-0.05, 0) is 39.3 Å². The number of hydrogen-bond donors (Lipinski definition) is 0. The lowest BCUT2D eigenvalue weighted by Gasteiger charge is -2.36. The number of halogens is 1. The lowest BCUT2D eigenvalue weighted by molar-refractivity contribution is 0.0214. The lowest BCUT2D eigenvalue weighted by Crippen LogP contribution is -2.50. The fourth-order valence-electron chi connectivity index (χ4n) is 3.19. The number of rotatable bonds is 1. The van der Waals surface area contributed by atoms with E-state index in [9.17, 15) is 9.18 Å². The maximum Gasteiger partial charge on any atom is 0.410 e. The largest absolute Gasteiger partial charge is 0.444 e. The summed E-state index contributed by atoms with van der Waals surface area (Å²) >= 11 is 0. The molecule has 114 valence electrons. The highest BCUT2D eigenvalue weighted by Gasteiger charge is 2.47. The van der Waals surface area contributed by atoms with Crippen molar-refractivity contribution in [2.75, 3.05) is 18.0 Å². The van der Waals surface area contributed by atoms with Gasteiger partial charge in [0, 0.05) is 19.1 Å². The molecule has 0 aliphatic carbocycles. The summed E-state index contributed by atoms with van der Waals surface area (Å²) in [5.41, 5.74) is 0.151. The van der Waals surface area contributed by atoms with Crippen LogP contribution >= 0.6 is 0 Å². The summed E-state index contributed by atoms with van der Waals surface area (Å²) in [6.07, 6.45) is 0.622. The van der Waals surface area contributed by atoms with Crippen LogP contribution in [-0.2, 0) is 4.74 Å². The third-order valence-electron chi connectivity index (χ3n) is 4.03. The molecule has 0 spiro atoms. The van der Waals surface area contributed by atoms with Crippen molar-refractivity contribution < 1.29 is 13.9 Å². The minimum atomic E-state index is -0.482. The van der Waals surface area contributed by atoms with Crippen molar-refractivity contribution >= 4 is 11.8 Å². The first-order valence-corrected chi connectivity index (χ1v) is 7.36. The molecule has 2 saturated heterocycles. The Balaban J connectivity index is 1.70. The Morgan fingerprint density at radius 1 is 1.24 bits per heavy atom. The SMILES string of the molecule is CC(C)(C)OC(=O)N1CC2CC1CN2c1ccccc1F. The predicted molar refractivity (Wildman–Crippen MR) is 78.9 cm³/mol. The van der Waals surface area contributed by atoms with Gasteiger partial charge in [-0.15, -0.1) is 0 Å². The number of fused-ring (bicyclic) bond motifs is 2. The standard InChI is InChI=1S/C16H21FN2O2/c1-16(2,3)21-15(20)19-10-11-8-12(19)9-18(11)14-7-5-4-6-13(14)17/h4-7,11-12H,8-10H2,1-3H3. The quantitative estimate of drug-likeness (QED) is 0.797. The van der Waals surface area contributed by atoms with Crippen LogP contribution in [0.1, 0.15) is 27.2 Å². The van der Waals surface area contributed by atoms with Crippen molar-refractivity contribution in [3.8, 4) is 0 Å². The number of hydrogen-bond acceptors (Lipinski definition) is 3. The van der Waals surface area contributed by atoms with Crippen LogP contribution in [0.5, 0.6) is 0 Å². The molecular formula is C16H21FN2O2. The van der Waals surface area contributed by atoms with E-state index in [1.807, 2.05) is 26.8 Å². The highest BCUT2D eigenvalue weighted by molar-refractivity contribution is 5.70. The van der Waals surface area contributed by atoms with Crippen LogP contribution in [0.15, 0.2) is 24.3 Å². The summed E-state index contributed by atoms with van der Waals surface area (Å²) in [6.45, 7) is 6.87. The molecule has 2 heterocycles. The second-order valence-corrected chi connectivity index (χ2v) is 6.78. The number of amides is 1. The molecule has 2 bridgehead atoms. The zero-order valence-electron chi connectivity index (χ0n) is 12.7. The molecule has 4 nitrogen and oxygen atoms in total. The van der Waals surface area contributed by atoms with E-state index in [4.69, 9.17) is 4.74 Å². The molecule has 2 unspecified atom stereocenters. The summed E-state index contributed by atoms with van der Waals surface area (Å²) in [7, 11) is 0. The Kier molecular flexibility index (Phi) is 3.30. The van der Waals surface area contributed by atoms with Crippen molar-refractivity contribution in [2.24, 2.45) is 0 Å². The van der Waals surface area contributed by atoms with Gasteiger partial charge in [0.1, 0.15) is 11.4 Å². The summed E-state index contributed by atoms with van der Waals surface area (Å²) in [6, 6.07) is 7.11. The molecule has 21 heavy (non-hydrogen) atoms. The van der Waals surface area contributed by atoms with Gasteiger partial charge in [-0.2, -0.15) is 0 Å². The number of likely N-dealkylation sites (tertiary alicyclic amines) is 1. The summed E-state index contributed by atoms with van der Waals surface area (Å²) < 4.78 is 19.3. The van der Waals surface area contributed by atoms with Gasteiger partial charge in [0.15, 0.2) is 0 Å². The van der Waals surface area contributed by atoms with Crippen LogP contribution in [0.3, 0.4) is 0 Å². The number of carbonyl (C=O) groups is 1. The third kappa shape index (κ3) is 2.69. The second-order valence-electron chi connectivity index (χ2n) is 6.78. The van der Waals surface area contributed by atoms with Crippen LogP contribution in [-0.4, -0.2) is 41.8 Å². The first-order valence-electron chi connectivity index (χ1n) is 7.36. The zero-order valence-corrected chi connectivity index (χ0v) is 12.7. The Morgan fingerprint density at radius 3 is 2.52 bits per heavy atom. The maximum atomic E-state index is 13.9. The number of carbonyl (C=O) groups excluding carboxylic acids is 1. The van der Waals surface area contributed by atoms with Gasteiger partial charge in [-0.3, -0.25) is 0 Å². The van der Waals surface area contributed by atoms with E-state index in [2.05, 4.69) is 4.90 Å². The van der Waals surface area contributed by atoms with E-state index in [0.29, 0.717) is 18.8 Å². The van der Waals surface area contributed by atoms with E-state index >= 15 is 0 Å². The van der Waals surface area contributed by atoms with Gasteiger partial charge in [-0.25, -0.2) is 9.18 Å². The van der Waals surface area contributed by atoms with Crippen LogP contribution in [0.4, 0.5) is 14.9 Å². The first-order chi connectivity index (χ1) is 9.85. The van der Waals surface area contributed by atoms with Crippen molar-refractivity contribution in [1.29, 1.82) is 0 Å². The van der Waals surface area contributed by atoms with Gasteiger partial charge < -0.3 is 14.5 Å². The Labute approximate surface area is 124 Å². The Morgan fingerprint density at radius 2 is 1.95 bits per heavy atom. The normalized spacial score (nSPS) is 24.6. The van der Waals surface area contributed by atoms with Gasteiger partial charge >= 0.3 is 6.09 Å². The number of benzene rings is 1. The molecule has 0 N–H and O–H groups in total. The summed E-state index contributed by atoms with van der Waals surface area (Å²) in [5.74, 6) is -0.200. The fourth-order valence-corrected chi connectivity index (χ4v) is 3.19. The average molecular weight is 292 g/mol. The summed E-state index contributed by atoms with van der Waals surface area (Å²) in [5, 5.41) is 0. The van der Waals surface area contributed by atoms with E-state index in [1.165, 1.54) is 6.07 Å². The van der Waals surface area contributed by atoms with Crippen molar-refractivity contribution in [3.05, 3.63) is 30.1 Å². The third-order valence-corrected chi connectivity index (χ3v) is 4.03. The van der Waals surface area contributed by atoms with Gasteiger partial charge in [-0.1, -0.05) is 12.1 Å². The van der Waals surface area contributed by atoms with Gasteiger partial charge in [0.25, 0.3) is 0 Å². The number of ether oxygens (including phenoxy) is 1. The van der Waals surface area contributed by atoms with E-state index in [-0.39, 0.29) is 24.0 Å². The highest BCUT2D eigenvalue weighted by Crippen LogP contribution is 2.36. The van der Waals surface area contributed by atoms with Crippen molar-refractivity contribution in [3.63, 3.8) is 0 Å².